The van der Waals surface area contributed by atoms with Gasteiger partial charge in [0.1, 0.15) is 5.76 Å². The first-order valence-electron chi connectivity index (χ1n) is 5.76. The number of thioether (sulfide) groups is 1. The second-order valence-corrected chi connectivity index (χ2v) is 5.24. The molecule has 0 atom stereocenters. The molecule has 0 aliphatic rings. The summed E-state index contributed by atoms with van der Waals surface area (Å²) in [7, 11) is 0. The number of benzene rings is 1. The van der Waals surface area contributed by atoms with Crippen LogP contribution in [0.4, 0.5) is 0 Å². The molecule has 0 fully saturated rings. The van der Waals surface area contributed by atoms with Gasteiger partial charge in [-0.1, -0.05) is 11.2 Å². The van der Waals surface area contributed by atoms with Crippen molar-refractivity contribution >= 4 is 17.7 Å². The third-order valence-electron chi connectivity index (χ3n) is 2.78. The summed E-state index contributed by atoms with van der Waals surface area (Å²) in [4.78, 5) is 12.4. The minimum Gasteiger partial charge on any atom is -0.360 e. The van der Waals surface area contributed by atoms with Crippen molar-refractivity contribution in [1.29, 1.82) is 0 Å². The smallest absolute Gasteiger partial charge is 0.287 e. The lowest BCUT2D eigenvalue weighted by molar-refractivity contribution is 0.0944. The van der Waals surface area contributed by atoms with E-state index in [2.05, 4.69) is 37.2 Å². The van der Waals surface area contributed by atoms with Crippen molar-refractivity contribution in [3.8, 4) is 0 Å². The Kier molecular flexibility index (Phi) is 4.24. The number of carbonyl (C=O) groups is 1. The molecule has 0 bridgehead atoms. The van der Waals surface area contributed by atoms with Crippen LogP contribution in [0, 0.1) is 13.8 Å². The highest BCUT2D eigenvalue weighted by Gasteiger charge is 2.11. The van der Waals surface area contributed by atoms with E-state index >= 15 is 0 Å². The third kappa shape index (κ3) is 3.36. The summed E-state index contributed by atoms with van der Waals surface area (Å²) in [5.74, 6) is 5.83. The van der Waals surface area contributed by atoms with E-state index in [1.54, 1.807) is 17.8 Å². The van der Waals surface area contributed by atoms with Gasteiger partial charge in [-0.2, -0.15) is 0 Å². The Labute approximate surface area is 115 Å². The number of carbonyl (C=O) groups excluding carboxylic acids is 1. The molecule has 1 aromatic carbocycles. The predicted octanol–water partition coefficient (Wildman–Crippen LogP) is 2.19. The Bertz CT molecular complexity index is 595. The van der Waals surface area contributed by atoms with Gasteiger partial charge in [-0.15, -0.1) is 11.8 Å². The molecule has 0 spiro atoms. The second-order valence-electron chi connectivity index (χ2n) is 4.19. The Morgan fingerprint density at radius 3 is 2.84 bits per heavy atom. The van der Waals surface area contributed by atoms with Crippen LogP contribution in [0.2, 0.25) is 0 Å². The van der Waals surface area contributed by atoms with Crippen LogP contribution in [-0.4, -0.2) is 11.1 Å². The maximum atomic E-state index is 11.2. The molecule has 19 heavy (non-hydrogen) atoms. The summed E-state index contributed by atoms with van der Waals surface area (Å²) in [6.07, 6.45) is 0. The molecule has 1 heterocycles. The number of aryl methyl sites for hydroxylation is 2. The van der Waals surface area contributed by atoms with Gasteiger partial charge in [0, 0.05) is 11.0 Å². The molecule has 1 aromatic heterocycles. The summed E-state index contributed by atoms with van der Waals surface area (Å²) < 4.78 is 5.08. The summed E-state index contributed by atoms with van der Waals surface area (Å²) in [5, 5.41) is 3.65. The fraction of sp³-hybridized carbons (Fsp3) is 0.231. The van der Waals surface area contributed by atoms with Gasteiger partial charge in [0.05, 0.1) is 5.75 Å². The highest BCUT2D eigenvalue weighted by atomic mass is 32.2. The number of aromatic nitrogens is 1. The van der Waals surface area contributed by atoms with E-state index in [0.717, 1.165) is 4.90 Å². The van der Waals surface area contributed by atoms with Crippen LogP contribution in [0.25, 0.3) is 0 Å². The largest absolute Gasteiger partial charge is 0.360 e. The predicted molar refractivity (Wildman–Crippen MR) is 73.6 cm³/mol. The minimum atomic E-state index is -0.453. The summed E-state index contributed by atoms with van der Waals surface area (Å²) in [5.41, 5.74) is 4.73. The van der Waals surface area contributed by atoms with E-state index in [4.69, 9.17) is 10.4 Å². The summed E-state index contributed by atoms with van der Waals surface area (Å²) in [6.45, 7) is 4.16. The highest BCUT2D eigenvalue weighted by molar-refractivity contribution is 7.98. The van der Waals surface area contributed by atoms with Gasteiger partial charge in [-0.3, -0.25) is 10.2 Å². The van der Waals surface area contributed by atoms with Crippen molar-refractivity contribution in [2.45, 2.75) is 24.5 Å². The molecule has 0 aliphatic carbocycles. The first-order valence-corrected chi connectivity index (χ1v) is 6.75. The Morgan fingerprint density at radius 2 is 2.16 bits per heavy atom. The molecule has 100 valence electrons. The van der Waals surface area contributed by atoms with Gasteiger partial charge in [0.2, 0.25) is 0 Å². The van der Waals surface area contributed by atoms with Gasteiger partial charge in [0.25, 0.3) is 5.91 Å². The minimum absolute atomic E-state index is 0.193. The van der Waals surface area contributed by atoms with Crippen molar-refractivity contribution in [2.24, 2.45) is 5.84 Å². The lowest BCUT2D eigenvalue weighted by atomic mass is 10.1. The normalized spacial score (nSPS) is 10.5. The van der Waals surface area contributed by atoms with Gasteiger partial charge in [-0.25, -0.2) is 5.84 Å². The number of rotatable bonds is 4. The standard InChI is InChI=1S/C13H15N3O2S/c1-8-3-4-11(5-9(8)2)19-7-10-6-12(16-18-10)13(17)15-14/h3-6H,7,14H2,1-2H3,(H,15,17). The molecular formula is C13H15N3O2S. The maximum Gasteiger partial charge on any atom is 0.287 e. The van der Waals surface area contributed by atoms with Crippen LogP contribution in [0.15, 0.2) is 33.7 Å². The average molecular weight is 277 g/mol. The van der Waals surface area contributed by atoms with E-state index < -0.39 is 5.91 Å². The number of nitrogens with zero attached hydrogens (tertiary/aromatic N) is 1. The third-order valence-corrected chi connectivity index (χ3v) is 3.80. The second kappa shape index (κ2) is 5.90. The Morgan fingerprint density at radius 1 is 1.37 bits per heavy atom. The fourth-order valence-corrected chi connectivity index (χ4v) is 2.39. The molecule has 0 aliphatic heterocycles. The van der Waals surface area contributed by atoms with Crippen molar-refractivity contribution in [1.82, 2.24) is 10.6 Å². The number of hydrogen-bond acceptors (Lipinski definition) is 5. The number of hydrogen-bond donors (Lipinski definition) is 2. The van der Waals surface area contributed by atoms with Gasteiger partial charge < -0.3 is 4.52 Å². The van der Waals surface area contributed by atoms with E-state index in [9.17, 15) is 4.79 Å². The van der Waals surface area contributed by atoms with Crippen LogP contribution in [-0.2, 0) is 5.75 Å². The molecular weight excluding hydrogens is 262 g/mol. The number of nitrogens with two attached hydrogens (primary N) is 1. The van der Waals surface area contributed by atoms with Gasteiger partial charge >= 0.3 is 0 Å². The quantitative estimate of drug-likeness (QED) is 0.387. The molecule has 5 nitrogen and oxygen atoms in total. The van der Waals surface area contributed by atoms with E-state index in [-0.39, 0.29) is 5.69 Å². The lowest BCUT2D eigenvalue weighted by Gasteiger charge is -2.03. The SMILES string of the molecule is Cc1ccc(SCc2cc(C(=O)NN)no2)cc1C. The van der Waals surface area contributed by atoms with Crippen molar-refractivity contribution in [2.75, 3.05) is 0 Å². The number of hydrazine groups is 1. The molecule has 6 heteroatoms. The zero-order valence-corrected chi connectivity index (χ0v) is 11.6. The topological polar surface area (TPSA) is 81.2 Å². The number of nitrogen functional groups attached to an aromatic ring is 1. The van der Waals surface area contributed by atoms with Crippen LogP contribution in [0.5, 0.6) is 0 Å². The van der Waals surface area contributed by atoms with Crippen molar-refractivity contribution in [3.05, 3.63) is 46.8 Å². The Balaban J connectivity index is 2.00. The average Bonchev–Trinajstić information content (AvgIpc) is 2.88. The number of amides is 1. The van der Waals surface area contributed by atoms with Crippen LogP contribution >= 0.6 is 11.8 Å². The molecule has 2 rings (SSSR count). The number of nitrogens with one attached hydrogen (secondary N) is 1. The monoisotopic (exact) mass is 277 g/mol. The van der Waals surface area contributed by atoms with Crippen LogP contribution in [0.3, 0.4) is 0 Å². The Hall–Kier alpha value is -1.79. The zero-order chi connectivity index (χ0) is 13.8. The molecule has 3 N–H and O–H groups in total. The van der Waals surface area contributed by atoms with Crippen molar-refractivity contribution < 1.29 is 9.32 Å². The molecule has 0 saturated heterocycles. The van der Waals surface area contributed by atoms with Crippen LogP contribution in [0.1, 0.15) is 27.4 Å². The summed E-state index contributed by atoms with van der Waals surface area (Å²) >= 11 is 1.63. The highest BCUT2D eigenvalue weighted by Crippen LogP contribution is 2.25. The van der Waals surface area contributed by atoms with Gasteiger partial charge in [0.15, 0.2) is 5.69 Å². The van der Waals surface area contributed by atoms with Crippen molar-refractivity contribution in [3.63, 3.8) is 0 Å². The van der Waals surface area contributed by atoms with Crippen LogP contribution < -0.4 is 11.3 Å². The summed E-state index contributed by atoms with van der Waals surface area (Å²) in [6, 6.07) is 7.88. The first-order chi connectivity index (χ1) is 9.10. The van der Waals surface area contributed by atoms with E-state index in [1.807, 2.05) is 5.43 Å². The maximum absolute atomic E-state index is 11.2. The lowest BCUT2D eigenvalue weighted by Crippen LogP contribution is -2.30. The fourth-order valence-electron chi connectivity index (χ4n) is 1.52. The van der Waals surface area contributed by atoms with E-state index in [1.165, 1.54) is 11.1 Å². The van der Waals surface area contributed by atoms with E-state index in [0.29, 0.717) is 11.5 Å². The first kappa shape index (κ1) is 13.6. The van der Waals surface area contributed by atoms with Gasteiger partial charge in [-0.05, 0) is 37.1 Å². The molecule has 0 unspecified atom stereocenters. The zero-order valence-electron chi connectivity index (χ0n) is 10.8. The molecule has 2 aromatic rings. The molecule has 0 radical (unpaired) electrons. The molecule has 0 saturated carbocycles. The molecule has 1 amide bonds.